The molecule has 196 valence electrons. The summed E-state index contributed by atoms with van der Waals surface area (Å²) in [5.41, 5.74) is 5.46. The molecule has 3 saturated carbocycles. The molecule has 0 aromatic rings. The van der Waals surface area contributed by atoms with E-state index in [1.807, 2.05) is 6.92 Å². The van der Waals surface area contributed by atoms with Crippen LogP contribution in [-0.2, 0) is 4.79 Å². The molecule has 1 aliphatic heterocycles. The lowest BCUT2D eigenvalue weighted by molar-refractivity contribution is -0.114. The predicted molar refractivity (Wildman–Crippen MR) is 146 cm³/mol. The van der Waals surface area contributed by atoms with Crippen molar-refractivity contribution in [3.63, 3.8) is 0 Å². The number of nitrogens with one attached hydrogen (secondary N) is 1. The summed E-state index contributed by atoms with van der Waals surface area (Å²) in [5, 5.41) is 13.9. The van der Waals surface area contributed by atoms with Gasteiger partial charge in [0, 0.05) is 43.7 Å². The Bertz CT molecular complexity index is 1110. The maximum absolute atomic E-state index is 12.7. The molecule has 36 heavy (non-hydrogen) atoms. The molecule has 0 aromatic carbocycles. The van der Waals surface area contributed by atoms with Crippen LogP contribution in [0.15, 0.2) is 46.3 Å². The Hall–Kier alpha value is -1.65. The molecule has 1 heterocycles. The maximum atomic E-state index is 12.7. The second-order valence-corrected chi connectivity index (χ2v) is 14.3. The average molecular weight is 491 g/mol. The second kappa shape index (κ2) is 8.17. The maximum Gasteiger partial charge on any atom is 0.220 e. The van der Waals surface area contributed by atoms with Crippen LogP contribution in [0, 0.1) is 33.5 Å². The minimum atomic E-state index is -0.221. The monoisotopic (exact) mass is 490 g/mol. The van der Waals surface area contributed by atoms with Crippen molar-refractivity contribution in [2.24, 2.45) is 33.5 Å². The Morgan fingerprint density at radius 2 is 1.72 bits per heavy atom. The molecule has 4 fully saturated rings. The number of ketones is 1. The van der Waals surface area contributed by atoms with Gasteiger partial charge in [0.2, 0.25) is 5.78 Å². The van der Waals surface area contributed by atoms with Crippen molar-refractivity contribution in [3.05, 3.63) is 46.3 Å². The molecule has 4 heteroatoms. The SMILES string of the molecule is CC1=C(O)C(=O)C=C2C1=CC=C1C2(C)CCC2C3CC(C)(CN4CCNCC4)CCC3(C)CCC12C. The van der Waals surface area contributed by atoms with Crippen LogP contribution in [0.1, 0.15) is 79.6 Å². The smallest absolute Gasteiger partial charge is 0.220 e. The first-order chi connectivity index (χ1) is 17.0. The molecule has 0 aromatic heterocycles. The lowest BCUT2D eigenvalue weighted by Gasteiger charge is -2.65. The van der Waals surface area contributed by atoms with Gasteiger partial charge in [-0.05, 0) is 97.2 Å². The molecule has 0 radical (unpaired) electrons. The molecule has 2 N–H and O–H groups in total. The van der Waals surface area contributed by atoms with Gasteiger partial charge in [-0.2, -0.15) is 0 Å². The van der Waals surface area contributed by atoms with E-state index < -0.39 is 0 Å². The van der Waals surface area contributed by atoms with E-state index in [2.05, 4.69) is 50.1 Å². The fourth-order valence-corrected chi connectivity index (χ4v) is 9.66. The minimum absolute atomic E-state index is 0.0789. The quantitative estimate of drug-likeness (QED) is 0.489. The van der Waals surface area contributed by atoms with E-state index in [0.29, 0.717) is 16.7 Å². The third-order valence-corrected chi connectivity index (χ3v) is 12.0. The zero-order valence-corrected chi connectivity index (χ0v) is 23.2. The first-order valence-electron chi connectivity index (χ1n) is 14.5. The highest BCUT2D eigenvalue weighted by Gasteiger charge is 2.61. The standard InChI is InChI=1S/C32H46N2O2/c1-21-22-6-7-27-31(4,24(22)18-26(35)28(21)36)9-8-23-25-19-29(2,20-34-16-14-33-15-17-34)10-11-30(25,3)12-13-32(23,27)5/h6-7,18,23,25,33,36H,8-17,19-20H2,1-5H3. The largest absolute Gasteiger partial charge is 0.504 e. The van der Waals surface area contributed by atoms with Crippen molar-refractivity contribution >= 4 is 5.78 Å². The zero-order chi connectivity index (χ0) is 25.5. The fraction of sp³-hybridized carbons (Fsp3) is 0.719. The summed E-state index contributed by atoms with van der Waals surface area (Å²) in [6, 6.07) is 0. The highest BCUT2D eigenvalue weighted by molar-refractivity contribution is 6.06. The topological polar surface area (TPSA) is 52.6 Å². The van der Waals surface area contributed by atoms with Crippen LogP contribution in [-0.4, -0.2) is 48.5 Å². The number of piperazine rings is 1. The lowest BCUT2D eigenvalue weighted by Crippen LogP contribution is -2.57. The van der Waals surface area contributed by atoms with E-state index in [4.69, 9.17) is 0 Å². The van der Waals surface area contributed by atoms with E-state index in [0.717, 1.165) is 42.1 Å². The zero-order valence-electron chi connectivity index (χ0n) is 23.2. The van der Waals surface area contributed by atoms with Gasteiger partial charge >= 0.3 is 0 Å². The number of allylic oxidation sites excluding steroid dienone is 7. The van der Waals surface area contributed by atoms with Crippen molar-refractivity contribution in [2.45, 2.75) is 79.6 Å². The molecule has 6 unspecified atom stereocenters. The molecule has 0 amide bonds. The van der Waals surface area contributed by atoms with E-state index in [1.165, 1.54) is 58.2 Å². The van der Waals surface area contributed by atoms with Crippen molar-refractivity contribution in [1.29, 1.82) is 0 Å². The summed E-state index contributed by atoms with van der Waals surface area (Å²) in [4.78, 5) is 15.4. The Labute approximate surface area is 218 Å². The molecule has 1 saturated heterocycles. The third kappa shape index (κ3) is 3.50. The summed E-state index contributed by atoms with van der Waals surface area (Å²) in [5.74, 6) is 1.17. The van der Waals surface area contributed by atoms with Crippen molar-refractivity contribution in [1.82, 2.24) is 10.2 Å². The van der Waals surface area contributed by atoms with Crippen molar-refractivity contribution in [3.8, 4) is 0 Å². The number of aliphatic hydroxyl groups is 1. The normalized spacial score (nSPS) is 45.0. The molecule has 6 atom stereocenters. The first kappa shape index (κ1) is 24.7. The number of carbonyl (C=O) groups excluding carboxylic acids is 1. The van der Waals surface area contributed by atoms with Gasteiger partial charge in [-0.25, -0.2) is 0 Å². The molecule has 6 rings (SSSR count). The molecule has 4 nitrogen and oxygen atoms in total. The van der Waals surface area contributed by atoms with Gasteiger partial charge in [-0.1, -0.05) is 45.4 Å². The lowest BCUT2D eigenvalue weighted by atomic mass is 9.39. The number of carbonyl (C=O) groups is 1. The van der Waals surface area contributed by atoms with Crippen LogP contribution in [0.3, 0.4) is 0 Å². The van der Waals surface area contributed by atoms with Crippen LogP contribution >= 0.6 is 0 Å². The highest BCUT2D eigenvalue weighted by atomic mass is 16.3. The summed E-state index contributed by atoms with van der Waals surface area (Å²) in [7, 11) is 0. The number of rotatable bonds is 2. The van der Waals surface area contributed by atoms with Gasteiger partial charge in [0.15, 0.2) is 5.76 Å². The Morgan fingerprint density at radius 1 is 1.00 bits per heavy atom. The molecule has 6 aliphatic rings. The highest BCUT2D eigenvalue weighted by Crippen LogP contribution is 2.70. The van der Waals surface area contributed by atoms with Gasteiger partial charge in [0.05, 0.1) is 0 Å². The number of nitrogens with zero attached hydrogens (tertiary/aromatic N) is 1. The molecule has 0 bridgehead atoms. The fourth-order valence-electron chi connectivity index (χ4n) is 9.66. The molecular weight excluding hydrogens is 444 g/mol. The second-order valence-electron chi connectivity index (χ2n) is 14.3. The number of aliphatic hydroxyl groups excluding tert-OH is 1. The van der Waals surface area contributed by atoms with Gasteiger partial charge in [0.1, 0.15) is 0 Å². The minimum Gasteiger partial charge on any atom is -0.504 e. The number of hydrogen-bond acceptors (Lipinski definition) is 4. The average Bonchev–Trinajstić information content (AvgIpc) is 2.84. The van der Waals surface area contributed by atoms with Crippen LogP contribution in [0.25, 0.3) is 0 Å². The van der Waals surface area contributed by atoms with Gasteiger partial charge in [-0.3, -0.25) is 4.79 Å². The Morgan fingerprint density at radius 3 is 2.47 bits per heavy atom. The van der Waals surface area contributed by atoms with Gasteiger partial charge in [0.25, 0.3) is 0 Å². The predicted octanol–water partition coefficient (Wildman–Crippen LogP) is 6.13. The van der Waals surface area contributed by atoms with Crippen LogP contribution in [0.2, 0.25) is 0 Å². The molecular formula is C32H46N2O2. The summed E-state index contributed by atoms with van der Waals surface area (Å²) in [6.07, 6.45) is 15.4. The first-order valence-corrected chi connectivity index (χ1v) is 14.5. The molecule has 5 aliphatic carbocycles. The molecule has 0 spiro atoms. The summed E-state index contributed by atoms with van der Waals surface area (Å²) in [6.45, 7) is 17.9. The van der Waals surface area contributed by atoms with Crippen molar-refractivity contribution in [2.75, 3.05) is 32.7 Å². The third-order valence-electron chi connectivity index (χ3n) is 12.0. The Kier molecular flexibility index (Phi) is 5.60. The van der Waals surface area contributed by atoms with Gasteiger partial charge in [-0.15, -0.1) is 0 Å². The summed E-state index contributed by atoms with van der Waals surface area (Å²) < 4.78 is 0. The summed E-state index contributed by atoms with van der Waals surface area (Å²) >= 11 is 0. The van der Waals surface area contributed by atoms with E-state index in [9.17, 15) is 9.90 Å². The van der Waals surface area contributed by atoms with E-state index in [1.54, 1.807) is 11.6 Å². The van der Waals surface area contributed by atoms with Gasteiger partial charge < -0.3 is 15.3 Å². The van der Waals surface area contributed by atoms with Crippen LogP contribution in [0.4, 0.5) is 0 Å². The van der Waals surface area contributed by atoms with E-state index in [-0.39, 0.29) is 22.4 Å². The van der Waals surface area contributed by atoms with E-state index >= 15 is 0 Å². The Balaban J connectivity index is 1.34. The van der Waals surface area contributed by atoms with Crippen molar-refractivity contribution < 1.29 is 9.90 Å². The van der Waals surface area contributed by atoms with Crippen LogP contribution in [0.5, 0.6) is 0 Å². The number of fused-ring (bicyclic) bond motifs is 7. The van der Waals surface area contributed by atoms with Crippen LogP contribution < -0.4 is 5.32 Å². The number of hydrogen-bond donors (Lipinski definition) is 2.